The number of Topliss-reactive ketones (excluding diaryl/α,β-unsaturated/α-hetero) is 1. The van der Waals surface area contributed by atoms with E-state index in [9.17, 15) is 9.59 Å². The van der Waals surface area contributed by atoms with Crippen molar-refractivity contribution in [3.05, 3.63) is 35.5 Å². The second-order valence-electron chi connectivity index (χ2n) is 4.66. The molecule has 2 aliphatic rings. The third kappa shape index (κ3) is 1.77. The third-order valence-electron chi connectivity index (χ3n) is 3.65. The normalized spacial score (nSPS) is 26.1. The monoisotopic (exact) mass is 262 g/mol. The van der Waals surface area contributed by atoms with Crippen LogP contribution in [0.1, 0.15) is 24.5 Å². The third-order valence-corrected chi connectivity index (χ3v) is 3.65. The zero-order valence-corrected chi connectivity index (χ0v) is 10.5. The van der Waals surface area contributed by atoms with Crippen LogP contribution < -0.4 is 0 Å². The zero-order chi connectivity index (χ0) is 13.4. The molecule has 5 heteroatoms. The maximum atomic E-state index is 12.3. The molecule has 1 aromatic rings. The molecule has 0 fully saturated rings. The van der Waals surface area contributed by atoms with Gasteiger partial charge in [-0.05, 0) is 30.5 Å². The lowest BCUT2D eigenvalue weighted by Crippen LogP contribution is -2.27. The molecule has 0 saturated carbocycles. The number of methoxy groups -OCH3 is 1. The summed E-state index contributed by atoms with van der Waals surface area (Å²) in [6, 6.07) is 3.52. The summed E-state index contributed by atoms with van der Waals surface area (Å²) in [7, 11) is 1.28. The van der Waals surface area contributed by atoms with Gasteiger partial charge in [0.25, 0.3) is 0 Å². The van der Waals surface area contributed by atoms with Crippen LogP contribution in [0.2, 0.25) is 0 Å². The maximum Gasteiger partial charge on any atom is 0.317 e. The highest BCUT2D eigenvalue weighted by Crippen LogP contribution is 2.46. The summed E-state index contributed by atoms with van der Waals surface area (Å²) >= 11 is 0. The van der Waals surface area contributed by atoms with E-state index < -0.39 is 11.9 Å². The smallest absolute Gasteiger partial charge is 0.317 e. The quantitative estimate of drug-likeness (QED) is 0.600. The fraction of sp³-hybridized carbons (Fsp3) is 0.429. The van der Waals surface area contributed by atoms with Gasteiger partial charge in [-0.25, -0.2) is 0 Å². The van der Waals surface area contributed by atoms with Gasteiger partial charge in [0.1, 0.15) is 11.7 Å². The van der Waals surface area contributed by atoms with E-state index in [-0.39, 0.29) is 11.7 Å². The Bertz CT molecular complexity index is 540. The lowest BCUT2D eigenvalue weighted by molar-refractivity contribution is -0.149. The first-order valence-corrected chi connectivity index (χ1v) is 6.25. The Kier molecular flexibility index (Phi) is 2.89. The minimum atomic E-state index is -0.876. The number of rotatable bonds is 2. The molecule has 2 heterocycles. The highest BCUT2D eigenvalue weighted by Gasteiger charge is 2.50. The van der Waals surface area contributed by atoms with Crippen LogP contribution >= 0.6 is 0 Å². The van der Waals surface area contributed by atoms with Crippen LogP contribution in [0.25, 0.3) is 0 Å². The molecule has 100 valence electrons. The van der Waals surface area contributed by atoms with Crippen molar-refractivity contribution in [1.29, 1.82) is 0 Å². The topological polar surface area (TPSA) is 65.7 Å². The van der Waals surface area contributed by atoms with Gasteiger partial charge in [-0.2, -0.15) is 0 Å². The molecule has 3 rings (SSSR count). The standard InChI is InChI=1S/C14H14O5/c1-17-14(16)11-10(9-5-3-6-18-9)8-4-2-7-19-13(8)12(11)15/h3,5-6,10-11H,2,4,7H2,1H3/t10-,11-/m0/s1. The summed E-state index contributed by atoms with van der Waals surface area (Å²) in [5, 5.41) is 0. The summed E-state index contributed by atoms with van der Waals surface area (Å²) in [6.45, 7) is 0.517. The largest absolute Gasteiger partial charge is 0.490 e. The van der Waals surface area contributed by atoms with Crippen molar-refractivity contribution in [3.63, 3.8) is 0 Å². The average Bonchev–Trinajstić information content (AvgIpc) is 3.05. The molecule has 0 amide bonds. The van der Waals surface area contributed by atoms with E-state index in [1.165, 1.54) is 13.4 Å². The molecule has 1 aromatic heterocycles. The Hall–Kier alpha value is -2.04. The predicted molar refractivity (Wildman–Crippen MR) is 64.2 cm³/mol. The van der Waals surface area contributed by atoms with Gasteiger partial charge in [-0.15, -0.1) is 0 Å². The fourth-order valence-electron chi connectivity index (χ4n) is 2.84. The number of ether oxygens (including phenoxy) is 2. The molecule has 0 aromatic carbocycles. The maximum absolute atomic E-state index is 12.3. The number of ketones is 1. The summed E-state index contributed by atoms with van der Waals surface area (Å²) < 4.78 is 15.6. The van der Waals surface area contributed by atoms with Crippen molar-refractivity contribution >= 4 is 11.8 Å². The molecule has 1 aliphatic carbocycles. The van der Waals surface area contributed by atoms with E-state index in [1.54, 1.807) is 12.1 Å². The van der Waals surface area contributed by atoms with E-state index >= 15 is 0 Å². The van der Waals surface area contributed by atoms with Crippen LogP contribution in [0.4, 0.5) is 0 Å². The molecule has 19 heavy (non-hydrogen) atoms. The number of hydrogen-bond acceptors (Lipinski definition) is 5. The molecule has 0 unspecified atom stereocenters. The van der Waals surface area contributed by atoms with Gasteiger partial charge in [0.15, 0.2) is 5.76 Å². The number of allylic oxidation sites excluding steroid dienone is 2. The van der Waals surface area contributed by atoms with Crippen LogP contribution in [0.5, 0.6) is 0 Å². The molecule has 0 N–H and O–H groups in total. The molecule has 5 nitrogen and oxygen atoms in total. The number of hydrogen-bond donors (Lipinski definition) is 0. The van der Waals surface area contributed by atoms with E-state index in [0.717, 1.165) is 18.4 Å². The Morgan fingerprint density at radius 2 is 2.32 bits per heavy atom. The SMILES string of the molecule is COC(=O)[C@@H]1C(=O)C2=C(CCCO2)[C@H]1c1ccco1. The Morgan fingerprint density at radius 1 is 1.47 bits per heavy atom. The summed E-state index contributed by atoms with van der Waals surface area (Å²) in [6.07, 6.45) is 3.13. The van der Waals surface area contributed by atoms with Gasteiger partial charge in [-0.3, -0.25) is 9.59 Å². The molecular formula is C14H14O5. The number of carbonyl (C=O) groups is 2. The van der Waals surface area contributed by atoms with Gasteiger partial charge >= 0.3 is 5.97 Å². The van der Waals surface area contributed by atoms with Crippen LogP contribution in [0, 0.1) is 5.92 Å². The first kappa shape index (κ1) is 12.0. The van der Waals surface area contributed by atoms with E-state index in [2.05, 4.69) is 0 Å². The second-order valence-corrected chi connectivity index (χ2v) is 4.66. The van der Waals surface area contributed by atoms with Crippen LogP contribution in [0.3, 0.4) is 0 Å². The minimum absolute atomic E-state index is 0.289. The summed E-state index contributed by atoms with van der Waals surface area (Å²) in [4.78, 5) is 24.2. The predicted octanol–water partition coefficient (Wildman–Crippen LogP) is 1.80. The van der Waals surface area contributed by atoms with E-state index in [1.807, 2.05) is 0 Å². The molecular weight excluding hydrogens is 248 g/mol. The molecule has 0 spiro atoms. The average molecular weight is 262 g/mol. The molecule has 0 bridgehead atoms. The van der Waals surface area contributed by atoms with Crippen LogP contribution in [-0.4, -0.2) is 25.5 Å². The first-order valence-electron chi connectivity index (χ1n) is 6.25. The Morgan fingerprint density at radius 3 is 3.00 bits per heavy atom. The molecule has 1 aliphatic heterocycles. The van der Waals surface area contributed by atoms with Gasteiger partial charge in [0.2, 0.25) is 5.78 Å². The van der Waals surface area contributed by atoms with Crippen molar-refractivity contribution in [3.8, 4) is 0 Å². The Labute approximate surface area is 110 Å². The van der Waals surface area contributed by atoms with Gasteiger partial charge < -0.3 is 13.9 Å². The Balaban J connectivity index is 2.06. The van der Waals surface area contributed by atoms with Crippen molar-refractivity contribution in [2.75, 3.05) is 13.7 Å². The molecule has 2 atom stereocenters. The number of esters is 1. The number of carbonyl (C=O) groups excluding carboxylic acids is 2. The molecule has 0 saturated heterocycles. The van der Waals surface area contributed by atoms with Gasteiger partial charge in [0.05, 0.1) is 25.9 Å². The summed E-state index contributed by atoms with van der Waals surface area (Å²) in [5.74, 6) is -1.14. The first-order chi connectivity index (χ1) is 9.24. The van der Waals surface area contributed by atoms with Gasteiger partial charge in [0, 0.05) is 0 Å². The van der Waals surface area contributed by atoms with E-state index in [0.29, 0.717) is 18.1 Å². The lowest BCUT2D eigenvalue weighted by Gasteiger charge is -2.19. The van der Waals surface area contributed by atoms with Crippen molar-refractivity contribution < 1.29 is 23.5 Å². The van der Waals surface area contributed by atoms with Crippen molar-refractivity contribution in [2.45, 2.75) is 18.8 Å². The minimum Gasteiger partial charge on any atom is -0.490 e. The number of furan rings is 1. The highest BCUT2D eigenvalue weighted by atomic mass is 16.5. The second kappa shape index (κ2) is 4.57. The van der Waals surface area contributed by atoms with Crippen LogP contribution in [0.15, 0.2) is 34.1 Å². The summed E-state index contributed by atoms with van der Waals surface area (Å²) in [5.41, 5.74) is 0.863. The zero-order valence-electron chi connectivity index (χ0n) is 10.5. The molecule has 0 radical (unpaired) electrons. The van der Waals surface area contributed by atoms with Crippen molar-refractivity contribution in [2.24, 2.45) is 5.92 Å². The highest BCUT2D eigenvalue weighted by molar-refractivity contribution is 6.11. The van der Waals surface area contributed by atoms with E-state index in [4.69, 9.17) is 13.9 Å². The fourth-order valence-corrected chi connectivity index (χ4v) is 2.84. The lowest BCUT2D eigenvalue weighted by atomic mass is 9.86. The van der Waals surface area contributed by atoms with Crippen LogP contribution in [-0.2, 0) is 19.1 Å². The van der Waals surface area contributed by atoms with Gasteiger partial charge in [-0.1, -0.05) is 0 Å². The van der Waals surface area contributed by atoms with Crippen molar-refractivity contribution in [1.82, 2.24) is 0 Å².